The molecule has 0 spiro atoms. The predicted octanol–water partition coefficient (Wildman–Crippen LogP) is 4.77. The monoisotopic (exact) mass is 355 g/mol. The Hall–Kier alpha value is -2.66. The van der Waals surface area contributed by atoms with E-state index in [-0.39, 0.29) is 11.7 Å². The van der Waals surface area contributed by atoms with Crippen molar-refractivity contribution in [3.63, 3.8) is 0 Å². The lowest BCUT2D eigenvalue weighted by Crippen LogP contribution is -2.13. The first kappa shape index (κ1) is 17.2. The SMILES string of the molecule is CCc1ccc(CC)c(-c2nonc2NC(=O)c2ccccc2Cl)c1. The summed E-state index contributed by atoms with van der Waals surface area (Å²) in [4.78, 5) is 12.5. The van der Waals surface area contributed by atoms with Crippen LogP contribution in [0.2, 0.25) is 5.02 Å². The Morgan fingerprint density at radius 1 is 1.12 bits per heavy atom. The minimum atomic E-state index is -0.354. The third-order valence-electron chi connectivity index (χ3n) is 4.06. The molecule has 0 unspecified atom stereocenters. The molecule has 1 aromatic heterocycles. The number of nitrogens with one attached hydrogen (secondary N) is 1. The summed E-state index contributed by atoms with van der Waals surface area (Å²) in [6, 6.07) is 13.1. The van der Waals surface area contributed by atoms with Gasteiger partial charge in [-0.1, -0.05) is 49.7 Å². The third kappa shape index (κ3) is 3.56. The Bertz CT molecular complexity index is 905. The summed E-state index contributed by atoms with van der Waals surface area (Å²) in [5.41, 5.74) is 4.10. The van der Waals surface area contributed by atoms with Crippen LogP contribution in [0.15, 0.2) is 47.1 Å². The number of hydrogen-bond acceptors (Lipinski definition) is 4. The maximum atomic E-state index is 12.5. The second-order valence-electron chi connectivity index (χ2n) is 5.59. The van der Waals surface area contributed by atoms with E-state index in [1.54, 1.807) is 24.3 Å². The van der Waals surface area contributed by atoms with Gasteiger partial charge in [-0.2, -0.15) is 0 Å². The van der Waals surface area contributed by atoms with Crippen LogP contribution in [0.5, 0.6) is 0 Å². The van der Waals surface area contributed by atoms with Crippen LogP contribution in [-0.2, 0) is 12.8 Å². The van der Waals surface area contributed by atoms with Crippen molar-refractivity contribution in [1.29, 1.82) is 0 Å². The van der Waals surface area contributed by atoms with Gasteiger partial charge < -0.3 is 5.32 Å². The number of amides is 1. The molecule has 25 heavy (non-hydrogen) atoms. The van der Waals surface area contributed by atoms with Gasteiger partial charge in [0.25, 0.3) is 5.91 Å². The molecule has 128 valence electrons. The van der Waals surface area contributed by atoms with E-state index < -0.39 is 0 Å². The number of hydrogen-bond donors (Lipinski definition) is 1. The number of carbonyl (C=O) groups excluding carboxylic acids is 1. The highest BCUT2D eigenvalue weighted by molar-refractivity contribution is 6.34. The van der Waals surface area contributed by atoms with E-state index in [1.165, 1.54) is 5.56 Å². The molecule has 0 aliphatic rings. The van der Waals surface area contributed by atoms with Gasteiger partial charge in [-0.05, 0) is 52.5 Å². The van der Waals surface area contributed by atoms with Crippen molar-refractivity contribution in [2.45, 2.75) is 26.7 Å². The first-order chi connectivity index (χ1) is 12.1. The lowest BCUT2D eigenvalue weighted by molar-refractivity contribution is 0.102. The molecule has 0 aliphatic carbocycles. The van der Waals surface area contributed by atoms with Crippen molar-refractivity contribution in [3.8, 4) is 11.3 Å². The lowest BCUT2D eigenvalue weighted by atomic mass is 9.98. The van der Waals surface area contributed by atoms with Crippen molar-refractivity contribution in [3.05, 3.63) is 64.2 Å². The molecular weight excluding hydrogens is 338 g/mol. The fourth-order valence-electron chi connectivity index (χ4n) is 2.64. The average Bonchev–Trinajstić information content (AvgIpc) is 3.09. The Labute approximate surface area is 151 Å². The van der Waals surface area contributed by atoms with Crippen molar-refractivity contribution in [2.24, 2.45) is 0 Å². The van der Waals surface area contributed by atoms with E-state index in [1.807, 2.05) is 0 Å². The van der Waals surface area contributed by atoms with E-state index in [0.717, 1.165) is 24.0 Å². The smallest absolute Gasteiger partial charge is 0.258 e. The number of benzene rings is 2. The lowest BCUT2D eigenvalue weighted by Gasteiger charge is -2.09. The van der Waals surface area contributed by atoms with Crippen LogP contribution in [0, 0.1) is 0 Å². The standard InChI is InChI=1S/C19H18ClN3O2/c1-3-12-9-10-13(4-2)15(11-12)17-18(23-25-22-17)21-19(24)14-7-5-6-8-16(14)20/h5-11H,3-4H2,1-2H3,(H,21,23,24). The number of nitrogens with zero attached hydrogens (tertiary/aromatic N) is 2. The molecule has 0 radical (unpaired) electrons. The maximum Gasteiger partial charge on any atom is 0.258 e. The maximum absolute atomic E-state index is 12.5. The number of halogens is 1. The second kappa shape index (κ2) is 7.49. The highest BCUT2D eigenvalue weighted by Gasteiger charge is 2.19. The van der Waals surface area contributed by atoms with Crippen molar-refractivity contribution < 1.29 is 9.42 Å². The molecule has 0 bridgehead atoms. The molecule has 2 aromatic carbocycles. The van der Waals surface area contributed by atoms with Crippen LogP contribution in [0.3, 0.4) is 0 Å². The van der Waals surface area contributed by atoms with E-state index >= 15 is 0 Å². The van der Waals surface area contributed by atoms with Gasteiger partial charge in [0.15, 0.2) is 5.69 Å². The Balaban J connectivity index is 1.96. The van der Waals surface area contributed by atoms with Gasteiger partial charge in [0, 0.05) is 5.56 Å². The largest absolute Gasteiger partial charge is 0.302 e. The van der Waals surface area contributed by atoms with Gasteiger partial charge in [0.2, 0.25) is 5.82 Å². The zero-order valence-corrected chi connectivity index (χ0v) is 14.8. The van der Waals surface area contributed by atoms with E-state index in [4.69, 9.17) is 16.2 Å². The summed E-state index contributed by atoms with van der Waals surface area (Å²) in [7, 11) is 0. The van der Waals surface area contributed by atoms with Gasteiger partial charge in [0.05, 0.1) is 10.6 Å². The van der Waals surface area contributed by atoms with E-state index in [2.05, 4.69) is 47.7 Å². The van der Waals surface area contributed by atoms with E-state index in [9.17, 15) is 4.79 Å². The number of anilines is 1. The first-order valence-corrected chi connectivity index (χ1v) is 8.52. The molecule has 1 N–H and O–H groups in total. The van der Waals surface area contributed by atoms with Crippen molar-refractivity contribution in [2.75, 3.05) is 5.32 Å². The molecule has 6 heteroatoms. The molecule has 0 atom stereocenters. The van der Waals surface area contributed by atoms with Crippen molar-refractivity contribution in [1.82, 2.24) is 10.3 Å². The van der Waals surface area contributed by atoms with Crippen LogP contribution in [0.25, 0.3) is 11.3 Å². The number of aromatic nitrogens is 2. The first-order valence-electron chi connectivity index (χ1n) is 8.14. The van der Waals surface area contributed by atoms with Crippen molar-refractivity contribution >= 4 is 23.3 Å². The number of aryl methyl sites for hydroxylation is 2. The fourth-order valence-corrected chi connectivity index (χ4v) is 2.86. The van der Waals surface area contributed by atoms with Crippen LogP contribution < -0.4 is 5.32 Å². The quantitative estimate of drug-likeness (QED) is 0.716. The molecular formula is C19H18ClN3O2. The summed E-state index contributed by atoms with van der Waals surface area (Å²) in [6.07, 6.45) is 1.74. The number of carbonyl (C=O) groups is 1. The third-order valence-corrected chi connectivity index (χ3v) is 4.39. The van der Waals surface area contributed by atoms with Crippen LogP contribution in [-0.4, -0.2) is 16.2 Å². The molecule has 1 amide bonds. The molecule has 0 saturated carbocycles. The van der Waals surface area contributed by atoms with Gasteiger partial charge in [0.1, 0.15) is 0 Å². The van der Waals surface area contributed by atoms with Crippen LogP contribution >= 0.6 is 11.6 Å². The summed E-state index contributed by atoms with van der Waals surface area (Å²) < 4.78 is 4.89. The molecule has 0 aliphatic heterocycles. The molecule has 3 aromatic rings. The molecule has 0 fully saturated rings. The van der Waals surface area contributed by atoms with Gasteiger partial charge >= 0.3 is 0 Å². The number of rotatable bonds is 5. The minimum Gasteiger partial charge on any atom is -0.302 e. The Morgan fingerprint density at radius 2 is 1.92 bits per heavy atom. The fraction of sp³-hybridized carbons (Fsp3) is 0.211. The summed E-state index contributed by atoms with van der Waals surface area (Å²) in [5, 5.41) is 11.0. The Morgan fingerprint density at radius 3 is 2.64 bits per heavy atom. The predicted molar refractivity (Wildman–Crippen MR) is 97.9 cm³/mol. The van der Waals surface area contributed by atoms with Crippen LogP contribution in [0.1, 0.15) is 35.3 Å². The van der Waals surface area contributed by atoms with Gasteiger partial charge in [-0.15, -0.1) is 0 Å². The normalized spacial score (nSPS) is 10.7. The zero-order valence-electron chi connectivity index (χ0n) is 14.0. The minimum absolute atomic E-state index is 0.285. The second-order valence-corrected chi connectivity index (χ2v) is 6.00. The van der Waals surface area contributed by atoms with Crippen LogP contribution in [0.4, 0.5) is 5.82 Å². The topological polar surface area (TPSA) is 68.0 Å². The zero-order chi connectivity index (χ0) is 17.8. The van der Waals surface area contributed by atoms with E-state index in [0.29, 0.717) is 16.3 Å². The average molecular weight is 356 g/mol. The highest BCUT2D eigenvalue weighted by atomic mass is 35.5. The highest BCUT2D eigenvalue weighted by Crippen LogP contribution is 2.30. The summed E-state index contributed by atoms with van der Waals surface area (Å²) >= 11 is 6.08. The van der Waals surface area contributed by atoms with Gasteiger partial charge in [-0.3, -0.25) is 4.79 Å². The molecule has 5 nitrogen and oxygen atoms in total. The van der Waals surface area contributed by atoms with Gasteiger partial charge in [-0.25, -0.2) is 4.63 Å². The molecule has 3 rings (SSSR count). The Kier molecular flexibility index (Phi) is 5.14. The summed E-state index contributed by atoms with van der Waals surface area (Å²) in [5.74, 6) is -0.0693. The summed E-state index contributed by atoms with van der Waals surface area (Å²) in [6.45, 7) is 4.16. The molecule has 1 heterocycles. The molecule has 0 saturated heterocycles.